The summed E-state index contributed by atoms with van der Waals surface area (Å²) in [6.07, 6.45) is 0. The molecule has 1 aromatic heterocycles. The molecule has 124 valence electrons. The Balaban J connectivity index is 1.97. The van der Waals surface area contributed by atoms with E-state index in [1.54, 1.807) is 23.7 Å². The van der Waals surface area contributed by atoms with E-state index in [-0.39, 0.29) is 5.91 Å². The number of methoxy groups -OCH3 is 1. The van der Waals surface area contributed by atoms with Crippen molar-refractivity contribution in [3.05, 3.63) is 41.2 Å². The van der Waals surface area contributed by atoms with Crippen LogP contribution in [0, 0.1) is 13.8 Å². The number of nitrogens with zero attached hydrogens (tertiary/aromatic N) is 3. The fourth-order valence-corrected chi connectivity index (χ4v) is 2.41. The molecule has 0 unspecified atom stereocenters. The molecule has 0 aliphatic heterocycles. The van der Waals surface area contributed by atoms with E-state index in [1.165, 1.54) is 0 Å². The van der Waals surface area contributed by atoms with Crippen molar-refractivity contribution in [2.45, 2.75) is 13.8 Å². The standard InChI is InChI=1S/C17H23N3O3/c1-12-16(13(2)20(4)18-12)17(21)19(3)10-11-23-15-9-7-6-8-14(15)22-5/h6-9H,10-11H2,1-5H3. The molecule has 1 heterocycles. The first-order chi connectivity index (χ1) is 11.0. The van der Waals surface area contributed by atoms with Crippen molar-refractivity contribution < 1.29 is 14.3 Å². The molecule has 0 N–H and O–H groups in total. The summed E-state index contributed by atoms with van der Waals surface area (Å²) in [6, 6.07) is 7.45. The van der Waals surface area contributed by atoms with Crippen molar-refractivity contribution >= 4 is 5.91 Å². The predicted molar refractivity (Wildman–Crippen MR) is 88.1 cm³/mol. The predicted octanol–water partition coefficient (Wildman–Crippen LogP) is 2.20. The van der Waals surface area contributed by atoms with Gasteiger partial charge in [0.05, 0.1) is 24.9 Å². The molecule has 6 nitrogen and oxygen atoms in total. The van der Waals surface area contributed by atoms with Gasteiger partial charge >= 0.3 is 0 Å². The second kappa shape index (κ2) is 7.17. The molecule has 0 saturated carbocycles. The van der Waals surface area contributed by atoms with Crippen molar-refractivity contribution in [2.24, 2.45) is 7.05 Å². The van der Waals surface area contributed by atoms with Crippen molar-refractivity contribution in [1.82, 2.24) is 14.7 Å². The Kier molecular flexibility index (Phi) is 5.26. The minimum absolute atomic E-state index is 0.0447. The van der Waals surface area contributed by atoms with Crippen molar-refractivity contribution in [3.63, 3.8) is 0 Å². The SMILES string of the molecule is COc1ccccc1OCCN(C)C(=O)c1c(C)nn(C)c1C. The number of ether oxygens (including phenoxy) is 2. The monoisotopic (exact) mass is 317 g/mol. The van der Waals surface area contributed by atoms with Crippen LogP contribution >= 0.6 is 0 Å². The molecule has 0 saturated heterocycles. The maximum absolute atomic E-state index is 12.6. The highest BCUT2D eigenvalue weighted by molar-refractivity contribution is 5.96. The number of aromatic nitrogens is 2. The van der Waals surface area contributed by atoms with E-state index in [1.807, 2.05) is 45.2 Å². The number of hydrogen-bond donors (Lipinski definition) is 0. The Bertz CT molecular complexity index is 694. The number of carbonyl (C=O) groups excluding carboxylic acids is 1. The topological polar surface area (TPSA) is 56.6 Å². The lowest BCUT2D eigenvalue weighted by Crippen LogP contribution is -2.31. The zero-order valence-corrected chi connectivity index (χ0v) is 14.3. The molecular formula is C17H23N3O3. The minimum atomic E-state index is -0.0447. The molecule has 0 radical (unpaired) electrons. The van der Waals surface area contributed by atoms with Crippen LogP contribution < -0.4 is 9.47 Å². The van der Waals surface area contributed by atoms with Gasteiger partial charge < -0.3 is 14.4 Å². The van der Waals surface area contributed by atoms with Crippen LogP contribution in [0.15, 0.2) is 24.3 Å². The molecule has 0 bridgehead atoms. The molecule has 2 aromatic rings. The van der Waals surface area contributed by atoms with E-state index in [9.17, 15) is 4.79 Å². The van der Waals surface area contributed by atoms with E-state index in [0.29, 0.717) is 30.2 Å². The third-order valence-electron chi connectivity index (χ3n) is 3.82. The van der Waals surface area contributed by atoms with Crippen molar-refractivity contribution in [1.29, 1.82) is 0 Å². The first-order valence-electron chi connectivity index (χ1n) is 7.47. The van der Waals surface area contributed by atoms with E-state index >= 15 is 0 Å². The highest BCUT2D eigenvalue weighted by Crippen LogP contribution is 2.25. The lowest BCUT2D eigenvalue weighted by atomic mass is 10.2. The number of aryl methyl sites for hydroxylation is 2. The van der Waals surface area contributed by atoms with Crippen LogP contribution in [0.25, 0.3) is 0 Å². The van der Waals surface area contributed by atoms with Gasteiger partial charge in [-0.1, -0.05) is 12.1 Å². The van der Waals surface area contributed by atoms with Crippen LogP contribution in [0.1, 0.15) is 21.7 Å². The second-order valence-electron chi connectivity index (χ2n) is 5.40. The average molecular weight is 317 g/mol. The van der Waals surface area contributed by atoms with Gasteiger partial charge in [0.25, 0.3) is 5.91 Å². The first-order valence-corrected chi connectivity index (χ1v) is 7.47. The van der Waals surface area contributed by atoms with Crippen molar-refractivity contribution in [2.75, 3.05) is 27.3 Å². The van der Waals surface area contributed by atoms with Gasteiger partial charge in [0.2, 0.25) is 0 Å². The summed E-state index contributed by atoms with van der Waals surface area (Å²) in [6.45, 7) is 4.61. The molecule has 0 aliphatic rings. The van der Waals surface area contributed by atoms with Gasteiger partial charge in [-0.25, -0.2) is 0 Å². The van der Waals surface area contributed by atoms with E-state index in [2.05, 4.69) is 5.10 Å². The number of rotatable bonds is 6. The maximum atomic E-state index is 12.6. The van der Waals surface area contributed by atoms with Gasteiger partial charge in [0.15, 0.2) is 11.5 Å². The zero-order valence-electron chi connectivity index (χ0n) is 14.3. The van der Waals surface area contributed by atoms with Gasteiger partial charge in [0.1, 0.15) is 6.61 Å². The summed E-state index contributed by atoms with van der Waals surface area (Å²) < 4.78 is 12.7. The third kappa shape index (κ3) is 3.64. The Morgan fingerprint density at radius 1 is 1.26 bits per heavy atom. The Hall–Kier alpha value is -2.50. The summed E-state index contributed by atoms with van der Waals surface area (Å²) in [5.41, 5.74) is 2.27. The molecule has 6 heteroatoms. The Morgan fingerprint density at radius 3 is 2.48 bits per heavy atom. The molecule has 0 atom stereocenters. The molecule has 23 heavy (non-hydrogen) atoms. The van der Waals surface area contributed by atoms with Gasteiger partial charge in [-0.05, 0) is 26.0 Å². The molecule has 2 rings (SSSR count). The highest BCUT2D eigenvalue weighted by Gasteiger charge is 2.20. The fraction of sp³-hybridized carbons (Fsp3) is 0.412. The summed E-state index contributed by atoms with van der Waals surface area (Å²) in [5.74, 6) is 1.31. The number of para-hydroxylation sites is 2. The molecule has 0 aliphatic carbocycles. The van der Waals surface area contributed by atoms with Gasteiger partial charge in [-0.2, -0.15) is 5.10 Å². The first kappa shape index (κ1) is 16.9. The summed E-state index contributed by atoms with van der Waals surface area (Å²) >= 11 is 0. The quantitative estimate of drug-likeness (QED) is 0.819. The number of carbonyl (C=O) groups is 1. The van der Waals surface area contributed by atoms with Crippen LogP contribution in [0.4, 0.5) is 0 Å². The van der Waals surface area contributed by atoms with Gasteiger partial charge in [-0.3, -0.25) is 9.48 Å². The van der Waals surface area contributed by atoms with Gasteiger partial charge in [-0.15, -0.1) is 0 Å². The lowest BCUT2D eigenvalue weighted by molar-refractivity contribution is 0.0771. The molecule has 0 fully saturated rings. The summed E-state index contributed by atoms with van der Waals surface area (Å²) in [4.78, 5) is 14.2. The van der Waals surface area contributed by atoms with Gasteiger partial charge in [0, 0.05) is 19.8 Å². The van der Waals surface area contributed by atoms with E-state index in [0.717, 1.165) is 11.4 Å². The number of benzene rings is 1. The Labute approximate surface area is 136 Å². The minimum Gasteiger partial charge on any atom is -0.493 e. The third-order valence-corrected chi connectivity index (χ3v) is 3.82. The van der Waals surface area contributed by atoms with Crippen LogP contribution in [0.5, 0.6) is 11.5 Å². The van der Waals surface area contributed by atoms with Crippen molar-refractivity contribution in [3.8, 4) is 11.5 Å². The number of likely N-dealkylation sites (N-methyl/N-ethyl adjacent to an activating group) is 1. The molecule has 1 aromatic carbocycles. The fourth-order valence-electron chi connectivity index (χ4n) is 2.41. The average Bonchev–Trinajstić information content (AvgIpc) is 2.79. The smallest absolute Gasteiger partial charge is 0.257 e. The maximum Gasteiger partial charge on any atom is 0.257 e. The van der Waals surface area contributed by atoms with Crippen LogP contribution in [0.3, 0.4) is 0 Å². The molecular weight excluding hydrogens is 294 g/mol. The Morgan fingerprint density at radius 2 is 1.91 bits per heavy atom. The summed E-state index contributed by atoms with van der Waals surface area (Å²) in [7, 11) is 5.20. The second-order valence-corrected chi connectivity index (χ2v) is 5.40. The number of hydrogen-bond acceptors (Lipinski definition) is 4. The number of amides is 1. The summed E-state index contributed by atoms with van der Waals surface area (Å²) in [5, 5.41) is 4.29. The lowest BCUT2D eigenvalue weighted by Gasteiger charge is -2.18. The van der Waals surface area contributed by atoms with Crippen LogP contribution in [-0.2, 0) is 7.05 Å². The molecule has 0 spiro atoms. The van der Waals surface area contributed by atoms with Crippen LogP contribution in [0.2, 0.25) is 0 Å². The molecule has 1 amide bonds. The largest absolute Gasteiger partial charge is 0.493 e. The van der Waals surface area contributed by atoms with E-state index < -0.39 is 0 Å². The highest BCUT2D eigenvalue weighted by atomic mass is 16.5. The zero-order chi connectivity index (χ0) is 17.0. The van der Waals surface area contributed by atoms with Crippen LogP contribution in [-0.4, -0.2) is 47.9 Å². The van der Waals surface area contributed by atoms with E-state index in [4.69, 9.17) is 9.47 Å². The normalized spacial score (nSPS) is 10.5.